The Hall–Kier alpha value is -0.920. The summed E-state index contributed by atoms with van der Waals surface area (Å²) >= 11 is 0. The topological polar surface area (TPSA) is 38.3 Å². The summed E-state index contributed by atoms with van der Waals surface area (Å²) in [5.41, 5.74) is -0.504. The van der Waals surface area contributed by atoms with E-state index in [-0.39, 0.29) is 6.54 Å². The van der Waals surface area contributed by atoms with Gasteiger partial charge in [0.1, 0.15) is 0 Å². The molecule has 0 aromatic carbocycles. The monoisotopic (exact) mass is 275 g/mol. The molecule has 0 radical (unpaired) electrons. The Bertz CT molecular complexity index is 310. The van der Waals surface area contributed by atoms with Crippen LogP contribution >= 0.6 is 0 Å². The zero-order valence-electron chi connectivity index (χ0n) is 9.74. The van der Waals surface area contributed by atoms with Gasteiger partial charge in [-0.2, -0.15) is 22.0 Å². The summed E-state index contributed by atoms with van der Waals surface area (Å²) in [6.45, 7) is 2.30. The molecule has 18 heavy (non-hydrogen) atoms. The van der Waals surface area contributed by atoms with Crippen molar-refractivity contribution in [3.63, 3.8) is 0 Å². The van der Waals surface area contributed by atoms with Gasteiger partial charge in [0.15, 0.2) is 0 Å². The Morgan fingerprint density at radius 1 is 1.22 bits per heavy atom. The minimum atomic E-state index is -5.87. The maximum Gasteiger partial charge on any atom is 0.463 e. The highest BCUT2D eigenvalue weighted by Crippen LogP contribution is 2.36. The number of halogens is 5. The molecule has 1 saturated heterocycles. The van der Waals surface area contributed by atoms with Crippen molar-refractivity contribution in [1.82, 2.24) is 5.32 Å². The summed E-state index contributed by atoms with van der Waals surface area (Å²) in [7, 11) is 0. The number of amides is 1. The number of hydrogen-bond donors (Lipinski definition) is 1. The fourth-order valence-electron chi connectivity index (χ4n) is 1.57. The maximum atomic E-state index is 12.6. The van der Waals surface area contributed by atoms with Crippen LogP contribution in [0.1, 0.15) is 19.8 Å². The third-order valence-corrected chi connectivity index (χ3v) is 3.02. The highest BCUT2D eigenvalue weighted by molar-refractivity contribution is 5.84. The van der Waals surface area contributed by atoms with E-state index in [1.165, 1.54) is 0 Å². The van der Waals surface area contributed by atoms with Gasteiger partial charge in [-0.3, -0.25) is 4.79 Å². The van der Waals surface area contributed by atoms with Crippen LogP contribution in [0.2, 0.25) is 0 Å². The highest BCUT2D eigenvalue weighted by atomic mass is 19.4. The van der Waals surface area contributed by atoms with E-state index in [4.69, 9.17) is 4.74 Å². The van der Waals surface area contributed by atoms with Crippen molar-refractivity contribution in [3.8, 4) is 0 Å². The van der Waals surface area contributed by atoms with Gasteiger partial charge in [-0.25, -0.2) is 0 Å². The van der Waals surface area contributed by atoms with Crippen LogP contribution in [0.4, 0.5) is 22.0 Å². The second kappa shape index (κ2) is 4.99. The lowest BCUT2D eigenvalue weighted by molar-refractivity contribution is -0.270. The van der Waals surface area contributed by atoms with Gasteiger partial charge >= 0.3 is 12.1 Å². The van der Waals surface area contributed by atoms with Gasteiger partial charge in [-0.05, 0) is 18.3 Å². The zero-order chi connectivity index (χ0) is 14.0. The van der Waals surface area contributed by atoms with Crippen LogP contribution in [0.3, 0.4) is 0 Å². The molecule has 0 aliphatic carbocycles. The molecule has 8 heteroatoms. The molecular weight excluding hydrogens is 261 g/mol. The van der Waals surface area contributed by atoms with E-state index in [1.807, 2.05) is 0 Å². The Morgan fingerprint density at radius 3 is 2.17 bits per heavy atom. The van der Waals surface area contributed by atoms with Crippen LogP contribution < -0.4 is 5.32 Å². The van der Waals surface area contributed by atoms with Crippen molar-refractivity contribution in [2.45, 2.75) is 31.9 Å². The lowest BCUT2D eigenvalue weighted by atomic mass is 9.82. The standard InChI is InChI=1S/C10H14F5NO2/c1-8(2-4-18-5-3-8)6-16-7(17)9(11,12)10(13,14)15/h2-6H2,1H3,(H,16,17). The van der Waals surface area contributed by atoms with Crippen LogP contribution in [0.15, 0.2) is 0 Å². The van der Waals surface area contributed by atoms with Gasteiger partial charge in [-0.15, -0.1) is 0 Å². The Morgan fingerprint density at radius 2 is 1.72 bits per heavy atom. The van der Waals surface area contributed by atoms with Crippen molar-refractivity contribution in [1.29, 1.82) is 0 Å². The second-order valence-electron chi connectivity index (χ2n) is 4.68. The lowest BCUT2D eigenvalue weighted by Crippen LogP contribution is -2.52. The molecule has 0 aromatic heterocycles. The summed E-state index contributed by atoms with van der Waals surface area (Å²) < 4.78 is 66.1. The fourth-order valence-corrected chi connectivity index (χ4v) is 1.57. The molecule has 106 valence electrons. The number of ether oxygens (including phenoxy) is 1. The Labute approximate surface area is 101 Å². The van der Waals surface area contributed by atoms with E-state index >= 15 is 0 Å². The van der Waals surface area contributed by atoms with Crippen molar-refractivity contribution < 1.29 is 31.5 Å². The minimum absolute atomic E-state index is 0.221. The molecule has 0 unspecified atom stereocenters. The minimum Gasteiger partial charge on any atom is -0.381 e. The van der Waals surface area contributed by atoms with Gasteiger partial charge in [0.25, 0.3) is 5.91 Å². The average molecular weight is 275 g/mol. The molecule has 0 spiro atoms. The van der Waals surface area contributed by atoms with E-state index in [9.17, 15) is 26.7 Å². The van der Waals surface area contributed by atoms with Crippen molar-refractivity contribution >= 4 is 5.91 Å². The van der Waals surface area contributed by atoms with Gasteiger partial charge in [0.05, 0.1) is 0 Å². The molecule has 0 saturated carbocycles. The number of alkyl halides is 5. The first-order valence-electron chi connectivity index (χ1n) is 5.39. The first-order valence-corrected chi connectivity index (χ1v) is 5.39. The third-order valence-electron chi connectivity index (χ3n) is 3.02. The Balaban J connectivity index is 2.55. The Kier molecular flexibility index (Phi) is 4.19. The first kappa shape index (κ1) is 15.1. The molecule has 3 nitrogen and oxygen atoms in total. The smallest absolute Gasteiger partial charge is 0.381 e. The molecule has 1 heterocycles. The number of carbonyl (C=O) groups excluding carboxylic acids is 1. The van der Waals surface area contributed by atoms with Crippen molar-refractivity contribution in [2.24, 2.45) is 5.41 Å². The number of hydrogen-bond acceptors (Lipinski definition) is 2. The van der Waals surface area contributed by atoms with Gasteiger partial charge in [0.2, 0.25) is 0 Å². The normalized spacial score (nSPS) is 20.6. The molecule has 1 N–H and O–H groups in total. The van der Waals surface area contributed by atoms with Crippen molar-refractivity contribution in [2.75, 3.05) is 19.8 Å². The molecule has 1 aliphatic heterocycles. The van der Waals surface area contributed by atoms with E-state index < -0.39 is 23.4 Å². The molecule has 1 fully saturated rings. The SMILES string of the molecule is CC1(CNC(=O)C(F)(F)C(F)(F)F)CCOCC1. The largest absolute Gasteiger partial charge is 0.463 e. The predicted octanol–water partition coefficient (Wildman–Crippen LogP) is 2.12. The van der Waals surface area contributed by atoms with Crippen molar-refractivity contribution in [3.05, 3.63) is 0 Å². The van der Waals surface area contributed by atoms with Crippen LogP contribution in [-0.2, 0) is 9.53 Å². The van der Waals surface area contributed by atoms with E-state index in [2.05, 4.69) is 0 Å². The summed E-state index contributed by atoms with van der Waals surface area (Å²) in [6, 6.07) is 0. The maximum absolute atomic E-state index is 12.6. The van der Waals surface area contributed by atoms with Gasteiger partial charge in [-0.1, -0.05) is 6.92 Å². The van der Waals surface area contributed by atoms with E-state index in [0.29, 0.717) is 26.1 Å². The van der Waals surface area contributed by atoms with E-state index in [1.54, 1.807) is 12.2 Å². The summed E-state index contributed by atoms with van der Waals surface area (Å²) in [5.74, 6) is -7.66. The van der Waals surface area contributed by atoms with Crippen LogP contribution in [0.5, 0.6) is 0 Å². The number of nitrogens with one attached hydrogen (secondary N) is 1. The molecule has 0 bridgehead atoms. The molecule has 1 rings (SSSR count). The zero-order valence-corrected chi connectivity index (χ0v) is 9.74. The van der Waals surface area contributed by atoms with Crippen LogP contribution in [0.25, 0.3) is 0 Å². The average Bonchev–Trinajstić information content (AvgIpc) is 2.25. The predicted molar refractivity (Wildman–Crippen MR) is 52.2 cm³/mol. The summed E-state index contributed by atoms with van der Waals surface area (Å²) in [4.78, 5) is 10.9. The molecule has 1 aliphatic rings. The second-order valence-corrected chi connectivity index (χ2v) is 4.68. The quantitative estimate of drug-likeness (QED) is 0.801. The summed E-state index contributed by atoms with van der Waals surface area (Å²) in [6.07, 6.45) is -4.86. The fraction of sp³-hybridized carbons (Fsp3) is 0.900. The molecule has 1 amide bonds. The number of carbonyl (C=O) groups is 1. The van der Waals surface area contributed by atoms with Gasteiger partial charge < -0.3 is 10.1 Å². The highest BCUT2D eigenvalue weighted by Gasteiger charge is 2.63. The third kappa shape index (κ3) is 3.30. The number of rotatable bonds is 3. The first-order chi connectivity index (χ1) is 8.08. The molecule has 0 atom stereocenters. The van der Waals surface area contributed by atoms with Crippen LogP contribution in [0, 0.1) is 5.41 Å². The van der Waals surface area contributed by atoms with E-state index in [0.717, 1.165) is 0 Å². The van der Waals surface area contributed by atoms with Gasteiger partial charge in [0, 0.05) is 19.8 Å². The lowest BCUT2D eigenvalue weighted by Gasteiger charge is -2.34. The summed E-state index contributed by atoms with van der Waals surface area (Å²) in [5, 5.41) is 1.68. The molecular formula is C10H14F5NO2. The molecule has 0 aromatic rings. The van der Waals surface area contributed by atoms with Crippen LogP contribution in [-0.4, -0.2) is 37.8 Å².